The quantitative estimate of drug-likeness (QED) is 0.713. The van der Waals surface area contributed by atoms with Gasteiger partial charge in [0.05, 0.1) is 6.10 Å². The summed E-state index contributed by atoms with van der Waals surface area (Å²) in [5.41, 5.74) is 0.849. The molecule has 3 heteroatoms. The highest BCUT2D eigenvalue weighted by molar-refractivity contribution is 7.12. The predicted octanol–water partition coefficient (Wildman–Crippen LogP) is 5.03. The van der Waals surface area contributed by atoms with E-state index in [1.54, 1.807) is 11.3 Å². The van der Waals surface area contributed by atoms with Gasteiger partial charge in [-0.1, -0.05) is 27.2 Å². The standard InChI is InChI=1S/C18H28O2S/c1-11(2)15-7-6-12(3)8-18(15)20-10-17(19)16-9-13(4)21-14(16)5/h9,11-12,15,18H,6-8,10H2,1-5H3. The highest BCUT2D eigenvalue weighted by atomic mass is 32.1. The van der Waals surface area contributed by atoms with E-state index in [1.165, 1.54) is 17.7 Å². The number of ether oxygens (including phenoxy) is 1. The SMILES string of the molecule is Cc1cc(C(=O)COC2CC(C)CCC2C(C)C)c(C)s1. The molecule has 2 rings (SSSR count). The third-order valence-electron chi connectivity index (χ3n) is 4.73. The number of thiophene rings is 1. The van der Waals surface area contributed by atoms with Gasteiger partial charge >= 0.3 is 0 Å². The number of aryl methyl sites for hydroxylation is 2. The van der Waals surface area contributed by atoms with Crippen molar-refractivity contribution in [2.45, 2.75) is 60.0 Å². The van der Waals surface area contributed by atoms with Crippen molar-refractivity contribution in [2.24, 2.45) is 17.8 Å². The first-order valence-electron chi connectivity index (χ1n) is 8.10. The summed E-state index contributed by atoms with van der Waals surface area (Å²) in [6.07, 6.45) is 3.86. The Bertz CT molecular complexity index is 489. The van der Waals surface area contributed by atoms with Crippen LogP contribution in [0, 0.1) is 31.6 Å². The van der Waals surface area contributed by atoms with Crippen LogP contribution in [0.1, 0.15) is 60.1 Å². The normalized spacial score (nSPS) is 26.3. The third-order valence-corrected chi connectivity index (χ3v) is 5.70. The highest BCUT2D eigenvalue weighted by Gasteiger charge is 2.31. The first kappa shape index (κ1) is 16.7. The third kappa shape index (κ3) is 4.17. The first-order valence-corrected chi connectivity index (χ1v) is 8.92. The Hall–Kier alpha value is -0.670. The fourth-order valence-electron chi connectivity index (χ4n) is 3.47. The summed E-state index contributed by atoms with van der Waals surface area (Å²) >= 11 is 1.69. The van der Waals surface area contributed by atoms with Crippen LogP contribution in [0.3, 0.4) is 0 Å². The molecule has 118 valence electrons. The van der Waals surface area contributed by atoms with Gasteiger partial charge in [-0.05, 0) is 50.5 Å². The van der Waals surface area contributed by atoms with Crippen LogP contribution in [0.5, 0.6) is 0 Å². The van der Waals surface area contributed by atoms with Crippen molar-refractivity contribution in [2.75, 3.05) is 6.61 Å². The molecule has 0 saturated heterocycles. The Kier molecular flexibility index (Phi) is 5.61. The molecular weight excluding hydrogens is 280 g/mol. The number of rotatable bonds is 5. The second kappa shape index (κ2) is 7.06. The number of hydrogen-bond donors (Lipinski definition) is 0. The summed E-state index contributed by atoms with van der Waals surface area (Å²) in [4.78, 5) is 14.7. The van der Waals surface area contributed by atoms with Gasteiger partial charge in [-0.15, -0.1) is 11.3 Å². The molecule has 0 radical (unpaired) electrons. The number of Topliss-reactive ketones (excluding diaryl/α,β-unsaturated/α-hetero) is 1. The summed E-state index contributed by atoms with van der Waals surface area (Å²) < 4.78 is 6.06. The zero-order valence-electron chi connectivity index (χ0n) is 13.9. The lowest BCUT2D eigenvalue weighted by atomic mass is 9.75. The van der Waals surface area contributed by atoms with Crippen molar-refractivity contribution >= 4 is 17.1 Å². The van der Waals surface area contributed by atoms with Gasteiger partial charge in [-0.25, -0.2) is 0 Å². The second-order valence-electron chi connectivity index (χ2n) is 6.93. The summed E-state index contributed by atoms with van der Waals surface area (Å²) in [5, 5.41) is 0. The second-order valence-corrected chi connectivity index (χ2v) is 8.39. The number of carbonyl (C=O) groups excluding carboxylic acids is 1. The van der Waals surface area contributed by atoms with Crippen molar-refractivity contribution in [3.63, 3.8) is 0 Å². The summed E-state index contributed by atoms with van der Waals surface area (Å²) in [6, 6.07) is 2.00. The number of hydrogen-bond acceptors (Lipinski definition) is 3. The van der Waals surface area contributed by atoms with Gasteiger partial charge in [0.1, 0.15) is 6.61 Å². The molecule has 3 atom stereocenters. The van der Waals surface area contributed by atoms with Crippen LogP contribution < -0.4 is 0 Å². The van der Waals surface area contributed by atoms with Gasteiger partial charge in [-0.3, -0.25) is 4.79 Å². The summed E-state index contributed by atoms with van der Waals surface area (Å²) in [5.74, 6) is 2.07. The van der Waals surface area contributed by atoms with Crippen molar-refractivity contribution in [1.82, 2.24) is 0 Å². The van der Waals surface area contributed by atoms with E-state index in [-0.39, 0.29) is 18.5 Å². The van der Waals surface area contributed by atoms with Crippen molar-refractivity contribution in [3.8, 4) is 0 Å². The largest absolute Gasteiger partial charge is 0.370 e. The molecular formula is C18H28O2S. The molecule has 0 amide bonds. The van der Waals surface area contributed by atoms with E-state index in [0.29, 0.717) is 17.8 Å². The zero-order valence-corrected chi connectivity index (χ0v) is 14.8. The van der Waals surface area contributed by atoms with E-state index in [4.69, 9.17) is 4.74 Å². The Morgan fingerprint density at radius 3 is 2.67 bits per heavy atom. The fourth-order valence-corrected chi connectivity index (χ4v) is 4.42. The van der Waals surface area contributed by atoms with Gasteiger partial charge in [0.15, 0.2) is 5.78 Å². The molecule has 1 aliphatic carbocycles. The Balaban J connectivity index is 1.97. The zero-order chi connectivity index (χ0) is 15.6. The lowest BCUT2D eigenvalue weighted by molar-refractivity contribution is -0.0309. The van der Waals surface area contributed by atoms with Crippen LogP contribution in [0.2, 0.25) is 0 Å². The van der Waals surface area contributed by atoms with Gasteiger partial charge in [0, 0.05) is 15.3 Å². The number of carbonyl (C=O) groups is 1. The van der Waals surface area contributed by atoms with E-state index < -0.39 is 0 Å². The average Bonchev–Trinajstić information content (AvgIpc) is 2.74. The van der Waals surface area contributed by atoms with E-state index >= 15 is 0 Å². The van der Waals surface area contributed by atoms with Gasteiger partial charge in [0.25, 0.3) is 0 Å². The Morgan fingerprint density at radius 2 is 2.10 bits per heavy atom. The number of ketones is 1. The molecule has 1 saturated carbocycles. The molecule has 1 fully saturated rings. The molecule has 0 aromatic carbocycles. The molecule has 1 heterocycles. The monoisotopic (exact) mass is 308 g/mol. The maximum atomic E-state index is 12.4. The van der Waals surface area contributed by atoms with Gasteiger partial charge in [-0.2, -0.15) is 0 Å². The van der Waals surface area contributed by atoms with Gasteiger partial charge in [0.2, 0.25) is 0 Å². The molecule has 0 spiro atoms. The van der Waals surface area contributed by atoms with E-state index in [9.17, 15) is 4.79 Å². The van der Waals surface area contributed by atoms with Crippen molar-refractivity contribution in [1.29, 1.82) is 0 Å². The van der Waals surface area contributed by atoms with Crippen molar-refractivity contribution in [3.05, 3.63) is 21.4 Å². The van der Waals surface area contributed by atoms with Gasteiger partial charge < -0.3 is 4.74 Å². The van der Waals surface area contributed by atoms with E-state index in [2.05, 4.69) is 20.8 Å². The molecule has 1 aliphatic rings. The van der Waals surface area contributed by atoms with Crippen LogP contribution in [0.15, 0.2) is 6.07 Å². The molecule has 21 heavy (non-hydrogen) atoms. The molecule has 0 bridgehead atoms. The molecule has 0 aliphatic heterocycles. The van der Waals surface area contributed by atoms with E-state index in [1.807, 2.05) is 19.9 Å². The minimum absolute atomic E-state index is 0.137. The molecule has 1 aromatic rings. The van der Waals surface area contributed by atoms with E-state index in [0.717, 1.165) is 16.9 Å². The summed E-state index contributed by atoms with van der Waals surface area (Å²) in [6.45, 7) is 11.1. The fraction of sp³-hybridized carbons (Fsp3) is 0.722. The van der Waals surface area contributed by atoms with Crippen molar-refractivity contribution < 1.29 is 9.53 Å². The lowest BCUT2D eigenvalue weighted by Gasteiger charge is -2.37. The lowest BCUT2D eigenvalue weighted by Crippen LogP contribution is -2.35. The highest BCUT2D eigenvalue weighted by Crippen LogP contribution is 2.35. The topological polar surface area (TPSA) is 26.3 Å². The predicted molar refractivity (Wildman–Crippen MR) is 89.2 cm³/mol. The molecule has 0 N–H and O–H groups in total. The minimum atomic E-state index is 0.137. The van der Waals surface area contributed by atoms with Crippen LogP contribution in [0.25, 0.3) is 0 Å². The maximum Gasteiger partial charge on any atom is 0.189 e. The van der Waals surface area contributed by atoms with Crippen LogP contribution in [-0.2, 0) is 4.74 Å². The summed E-state index contributed by atoms with van der Waals surface area (Å²) in [7, 11) is 0. The average molecular weight is 308 g/mol. The van der Waals surface area contributed by atoms with Crippen LogP contribution >= 0.6 is 11.3 Å². The minimum Gasteiger partial charge on any atom is -0.370 e. The van der Waals surface area contributed by atoms with Crippen LogP contribution in [0.4, 0.5) is 0 Å². The molecule has 1 aromatic heterocycles. The molecule has 3 unspecified atom stereocenters. The smallest absolute Gasteiger partial charge is 0.189 e. The maximum absolute atomic E-state index is 12.4. The Morgan fingerprint density at radius 1 is 1.38 bits per heavy atom. The van der Waals surface area contributed by atoms with Crippen LogP contribution in [-0.4, -0.2) is 18.5 Å². The first-order chi connectivity index (χ1) is 9.88. The Labute approximate surface area is 132 Å². The molecule has 2 nitrogen and oxygen atoms in total.